The van der Waals surface area contributed by atoms with Crippen LogP contribution in [0.25, 0.3) is 0 Å². The van der Waals surface area contributed by atoms with Crippen molar-refractivity contribution in [2.75, 3.05) is 11.6 Å². The van der Waals surface area contributed by atoms with Crippen molar-refractivity contribution in [1.82, 2.24) is 4.98 Å². The normalized spacial score (nSPS) is 19.7. The standard InChI is InChI=1S/C12H15N3O2/c1-8-3-5-13-11(7-8)15-12(17)10(4-6-16)9(2)14-15/h3,5,7,10,16H,4,6H2,1-2H3. The zero-order valence-corrected chi connectivity index (χ0v) is 9.92. The van der Waals surface area contributed by atoms with Crippen LogP contribution in [0.5, 0.6) is 0 Å². The summed E-state index contributed by atoms with van der Waals surface area (Å²) in [5.74, 6) is 0.103. The summed E-state index contributed by atoms with van der Waals surface area (Å²) in [5, 5.41) is 14.5. The molecule has 5 heteroatoms. The number of hydrogen-bond donors (Lipinski definition) is 1. The molecule has 0 radical (unpaired) electrons. The van der Waals surface area contributed by atoms with E-state index in [1.807, 2.05) is 19.1 Å². The lowest BCUT2D eigenvalue weighted by atomic mass is 10.0. The van der Waals surface area contributed by atoms with Crippen molar-refractivity contribution in [1.29, 1.82) is 0 Å². The van der Waals surface area contributed by atoms with Gasteiger partial charge in [-0.1, -0.05) is 0 Å². The van der Waals surface area contributed by atoms with Gasteiger partial charge in [0.1, 0.15) is 0 Å². The van der Waals surface area contributed by atoms with Crippen LogP contribution in [0, 0.1) is 12.8 Å². The van der Waals surface area contributed by atoms with Crippen molar-refractivity contribution in [3.63, 3.8) is 0 Å². The predicted octanol–water partition coefficient (Wildman–Crippen LogP) is 1.11. The Hall–Kier alpha value is -1.75. The molecule has 17 heavy (non-hydrogen) atoms. The van der Waals surface area contributed by atoms with Crippen molar-refractivity contribution in [3.05, 3.63) is 23.9 Å². The molecule has 2 heterocycles. The molecular weight excluding hydrogens is 218 g/mol. The molecule has 2 rings (SSSR count). The largest absolute Gasteiger partial charge is 0.396 e. The van der Waals surface area contributed by atoms with Crippen LogP contribution in [0.4, 0.5) is 5.82 Å². The maximum absolute atomic E-state index is 12.1. The number of carbonyl (C=O) groups is 1. The van der Waals surface area contributed by atoms with Gasteiger partial charge in [-0.2, -0.15) is 10.1 Å². The number of aryl methyl sites for hydroxylation is 1. The number of amides is 1. The highest BCUT2D eigenvalue weighted by atomic mass is 16.3. The van der Waals surface area contributed by atoms with Crippen LogP contribution < -0.4 is 5.01 Å². The first-order valence-electron chi connectivity index (χ1n) is 5.56. The molecule has 1 amide bonds. The van der Waals surface area contributed by atoms with Gasteiger partial charge in [0.2, 0.25) is 0 Å². The van der Waals surface area contributed by atoms with E-state index in [9.17, 15) is 4.79 Å². The van der Waals surface area contributed by atoms with E-state index in [1.54, 1.807) is 13.1 Å². The van der Waals surface area contributed by atoms with Gasteiger partial charge in [0.15, 0.2) is 5.82 Å². The van der Waals surface area contributed by atoms with Gasteiger partial charge in [0.05, 0.1) is 5.92 Å². The van der Waals surface area contributed by atoms with Crippen LogP contribution in [0.2, 0.25) is 0 Å². The third kappa shape index (κ3) is 2.19. The molecule has 1 aromatic rings. The van der Waals surface area contributed by atoms with Crippen molar-refractivity contribution < 1.29 is 9.90 Å². The molecule has 1 N–H and O–H groups in total. The highest BCUT2D eigenvalue weighted by Gasteiger charge is 2.34. The summed E-state index contributed by atoms with van der Waals surface area (Å²) < 4.78 is 0. The Bertz CT molecular complexity index is 471. The van der Waals surface area contributed by atoms with Crippen LogP contribution in [0.15, 0.2) is 23.4 Å². The molecule has 0 spiro atoms. The minimum atomic E-state index is -0.317. The molecule has 0 bridgehead atoms. The highest BCUT2D eigenvalue weighted by Crippen LogP contribution is 2.24. The molecule has 1 unspecified atom stereocenters. The van der Waals surface area contributed by atoms with Crippen LogP contribution in [0.1, 0.15) is 18.9 Å². The average Bonchev–Trinajstić information content (AvgIpc) is 2.57. The smallest absolute Gasteiger partial charge is 0.257 e. The van der Waals surface area contributed by atoms with E-state index in [-0.39, 0.29) is 18.4 Å². The van der Waals surface area contributed by atoms with Gasteiger partial charge in [0.25, 0.3) is 5.91 Å². The highest BCUT2D eigenvalue weighted by molar-refractivity contribution is 6.14. The first kappa shape index (κ1) is 11.7. The second-order valence-electron chi connectivity index (χ2n) is 4.15. The molecule has 0 fully saturated rings. The molecule has 90 valence electrons. The number of carbonyl (C=O) groups excluding carboxylic acids is 1. The SMILES string of the molecule is CC1=NN(c2cc(C)ccn2)C(=O)C1CCO. The second-order valence-corrected chi connectivity index (χ2v) is 4.15. The van der Waals surface area contributed by atoms with Gasteiger partial charge in [-0.3, -0.25) is 4.79 Å². The first-order valence-corrected chi connectivity index (χ1v) is 5.56. The van der Waals surface area contributed by atoms with Crippen molar-refractivity contribution in [2.24, 2.45) is 11.0 Å². The summed E-state index contributed by atoms with van der Waals surface area (Å²) >= 11 is 0. The summed E-state index contributed by atoms with van der Waals surface area (Å²) in [5.41, 5.74) is 1.76. The number of hydrazone groups is 1. The van der Waals surface area contributed by atoms with E-state index in [2.05, 4.69) is 10.1 Å². The topological polar surface area (TPSA) is 65.8 Å². The van der Waals surface area contributed by atoms with E-state index in [0.29, 0.717) is 12.2 Å². The van der Waals surface area contributed by atoms with Crippen molar-refractivity contribution in [3.8, 4) is 0 Å². The van der Waals surface area contributed by atoms with Gasteiger partial charge < -0.3 is 5.11 Å². The Kier molecular flexibility index (Phi) is 3.19. The number of pyridine rings is 1. The fourth-order valence-electron chi connectivity index (χ4n) is 1.86. The molecule has 1 aromatic heterocycles. The third-order valence-electron chi connectivity index (χ3n) is 2.80. The molecule has 0 aromatic carbocycles. The van der Waals surface area contributed by atoms with Gasteiger partial charge in [0, 0.05) is 18.5 Å². The number of nitrogens with zero attached hydrogens (tertiary/aromatic N) is 3. The zero-order chi connectivity index (χ0) is 12.4. The molecule has 0 saturated heterocycles. The molecule has 1 aliphatic rings. The summed E-state index contributed by atoms with van der Waals surface area (Å²) in [6.45, 7) is 3.72. The fraction of sp³-hybridized carbons (Fsp3) is 0.417. The number of aromatic nitrogens is 1. The lowest BCUT2D eigenvalue weighted by Gasteiger charge is -2.13. The molecule has 0 aliphatic carbocycles. The van der Waals surface area contributed by atoms with Crippen molar-refractivity contribution >= 4 is 17.4 Å². The Morgan fingerprint density at radius 2 is 2.24 bits per heavy atom. The minimum Gasteiger partial charge on any atom is -0.396 e. The molecule has 1 atom stereocenters. The zero-order valence-electron chi connectivity index (χ0n) is 9.92. The van der Waals surface area contributed by atoms with Gasteiger partial charge in [-0.25, -0.2) is 4.98 Å². The van der Waals surface area contributed by atoms with Crippen LogP contribution in [-0.2, 0) is 4.79 Å². The van der Waals surface area contributed by atoms with Gasteiger partial charge >= 0.3 is 0 Å². The Labute approximate surface area is 99.8 Å². The van der Waals surface area contributed by atoms with E-state index in [1.165, 1.54) is 5.01 Å². The number of anilines is 1. The molecule has 1 aliphatic heterocycles. The number of aliphatic hydroxyl groups is 1. The van der Waals surface area contributed by atoms with E-state index >= 15 is 0 Å². The summed E-state index contributed by atoms with van der Waals surface area (Å²) in [4.78, 5) is 16.2. The van der Waals surface area contributed by atoms with Crippen LogP contribution in [0.3, 0.4) is 0 Å². The lowest BCUT2D eigenvalue weighted by molar-refractivity contribution is -0.120. The first-order chi connectivity index (χ1) is 8.13. The van der Waals surface area contributed by atoms with Crippen LogP contribution >= 0.6 is 0 Å². The minimum absolute atomic E-state index is 0.0155. The van der Waals surface area contributed by atoms with Gasteiger partial charge in [-0.05, 0) is 38.0 Å². The monoisotopic (exact) mass is 233 g/mol. The molecule has 5 nitrogen and oxygen atoms in total. The fourth-order valence-corrected chi connectivity index (χ4v) is 1.86. The quantitative estimate of drug-likeness (QED) is 0.850. The van der Waals surface area contributed by atoms with E-state index < -0.39 is 0 Å². The van der Waals surface area contributed by atoms with E-state index in [4.69, 9.17) is 5.11 Å². The third-order valence-corrected chi connectivity index (χ3v) is 2.80. The maximum atomic E-state index is 12.1. The van der Waals surface area contributed by atoms with Gasteiger partial charge in [-0.15, -0.1) is 0 Å². The summed E-state index contributed by atoms with van der Waals surface area (Å²) in [6, 6.07) is 3.68. The molecule has 0 saturated carbocycles. The summed E-state index contributed by atoms with van der Waals surface area (Å²) in [6.07, 6.45) is 2.07. The number of rotatable bonds is 3. The molecular formula is C12H15N3O2. The second kappa shape index (κ2) is 4.63. The summed E-state index contributed by atoms with van der Waals surface area (Å²) in [7, 11) is 0. The number of hydrogen-bond acceptors (Lipinski definition) is 4. The van der Waals surface area contributed by atoms with E-state index in [0.717, 1.165) is 11.3 Å². The van der Waals surface area contributed by atoms with Crippen LogP contribution in [-0.4, -0.2) is 28.3 Å². The Morgan fingerprint density at radius 1 is 1.47 bits per heavy atom. The predicted molar refractivity (Wildman–Crippen MR) is 64.8 cm³/mol. The Morgan fingerprint density at radius 3 is 2.88 bits per heavy atom. The lowest BCUT2D eigenvalue weighted by Crippen LogP contribution is -2.28. The average molecular weight is 233 g/mol. The Balaban J connectivity index is 2.27. The van der Waals surface area contributed by atoms with Crippen molar-refractivity contribution in [2.45, 2.75) is 20.3 Å². The number of aliphatic hydroxyl groups excluding tert-OH is 1. The maximum Gasteiger partial charge on any atom is 0.257 e.